The monoisotopic (exact) mass is 436 g/mol. The van der Waals surface area contributed by atoms with Crippen molar-refractivity contribution >= 4 is 35.0 Å². The molecule has 1 saturated heterocycles. The van der Waals surface area contributed by atoms with E-state index in [2.05, 4.69) is 0 Å². The summed E-state index contributed by atoms with van der Waals surface area (Å²) in [5, 5.41) is 1.21. The van der Waals surface area contributed by atoms with Gasteiger partial charge in [0.1, 0.15) is 18.0 Å². The van der Waals surface area contributed by atoms with E-state index in [1.54, 1.807) is 41.3 Å². The average Bonchev–Trinajstić information content (AvgIpc) is 2.69. The van der Waals surface area contributed by atoms with Crippen molar-refractivity contribution in [3.8, 4) is 5.75 Å². The molecule has 2 aromatic rings. The molecule has 6 nitrogen and oxygen atoms in total. The summed E-state index contributed by atoms with van der Waals surface area (Å²) in [7, 11) is 0. The van der Waals surface area contributed by atoms with Gasteiger partial charge in [0, 0.05) is 16.6 Å². The van der Waals surface area contributed by atoms with E-state index in [1.165, 1.54) is 0 Å². The number of benzene rings is 2. The van der Waals surface area contributed by atoms with Crippen LogP contribution in [-0.4, -0.2) is 48.6 Å². The Hall–Kier alpha value is -2.28. The minimum absolute atomic E-state index is 0.0503. The third kappa shape index (κ3) is 6.10. The Morgan fingerprint density at radius 2 is 1.69 bits per heavy atom. The van der Waals surface area contributed by atoms with Crippen molar-refractivity contribution < 1.29 is 19.1 Å². The van der Waals surface area contributed by atoms with Gasteiger partial charge in [-0.1, -0.05) is 35.3 Å². The fourth-order valence-corrected chi connectivity index (χ4v) is 3.51. The number of morpholine rings is 1. The molecule has 0 saturated carbocycles. The molecule has 0 aromatic heterocycles. The number of rotatable bonds is 7. The highest BCUT2D eigenvalue weighted by molar-refractivity contribution is 6.30. The Balaban J connectivity index is 1.69. The highest BCUT2D eigenvalue weighted by atomic mass is 35.5. The van der Waals surface area contributed by atoms with Crippen LogP contribution in [0.3, 0.4) is 0 Å². The number of nitrogens with two attached hydrogens (primary N) is 1. The van der Waals surface area contributed by atoms with Crippen molar-refractivity contribution in [3.63, 3.8) is 0 Å². The lowest BCUT2D eigenvalue weighted by Gasteiger charge is -2.42. The van der Waals surface area contributed by atoms with Crippen LogP contribution in [0.4, 0.5) is 0 Å². The smallest absolute Gasteiger partial charge is 0.227 e. The van der Waals surface area contributed by atoms with Crippen molar-refractivity contribution in [2.75, 3.05) is 26.3 Å². The first-order chi connectivity index (χ1) is 13.8. The highest BCUT2D eigenvalue weighted by Crippen LogP contribution is 2.25. The topological polar surface area (TPSA) is 81.9 Å². The third-order valence-corrected chi connectivity index (χ3v) is 5.19. The minimum atomic E-state index is -1.00. The van der Waals surface area contributed by atoms with Crippen molar-refractivity contribution in [2.45, 2.75) is 18.4 Å². The van der Waals surface area contributed by atoms with Crippen LogP contribution in [0.15, 0.2) is 48.5 Å². The summed E-state index contributed by atoms with van der Waals surface area (Å²) in [5.74, 6) is 0.0131. The maximum absolute atomic E-state index is 12.8. The predicted octanol–water partition coefficient (Wildman–Crippen LogP) is 3.09. The molecule has 1 atom stereocenters. The molecule has 1 aliphatic heterocycles. The first-order valence-electron chi connectivity index (χ1n) is 9.18. The van der Waals surface area contributed by atoms with Gasteiger partial charge in [0.05, 0.1) is 26.0 Å². The standard InChI is InChI=1S/C21H22Cl2N2O4/c22-16-3-1-15(2-4-16)11-20(27)25-9-10-29-21(13-25,12-19(24)26)14-28-18-7-5-17(23)6-8-18/h1-8H,9-14H2,(H2,24,26)/t21-/m0/s1. The van der Waals surface area contributed by atoms with Crippen LogP contribution in [0, 0.1) is 0 Å². The molecule has 2 amide bonds. The van der Waals surface area contributed by atoms with E-state index >= 15 is 0 Å². The molecule has 29 heavy (non-hydrogen) atoms. The summed E-state index contributed by atoms with van der Waals surface area (Å²) >= 11 is 11.8. The van der Waals surface area contributed by atoms with Gasteiger partial charge in [-0.3, -0.25) is 9.59 Å². The molecule has 0 bridgehead atoms. The van der Waals surface area contributed by atoms with Crippen LogP contribution >= 0.6 is 23.2 Å². The van der Waals surface area contributed by atoms with E-state index in [1.807, 2.05) is 12.1 Å². The quantitative estimate of drug-likeness (QED) is 0.722. The highest BCUT2D eigenvalue weighted by Gasteiger charge is 2.40. The van der Waals surface area contributed by atoms with Crippen LogP contribution in [0.5, 0.6) is 5.75 Å². The van der Waals surface area contributed by atoms with E-state index in [0.717, 1.165) is 5.56 Å². The maximum atomic E-state index is 12.8. The van der Waals surface area contributed by atoms with Gasteiger partial charge in [-0.2, -0.15) is 0 Å². The summed E-state index contributed by atoms with van der Waals surface area (Å²) in [5.41, 5.74) is 5.31. The molecule has 0 spiro atoms. The van der Waals surface area contributed by atoms with Crippen molar-refractivity contribution in [1.29, 1.82) is 0 Å². The Morgan fingerprint density at radius 3 is 2.31 bits per heavy atom. The molecule has 2 aromatic carbocycles. The average molecular weight is 437 g/mol. The number of carbonyl (C=O) groups is 2. The van der Waals surface area contributed by atoms with Crippen molar-refractivity contribution in [2.24, 2.45) is 5.73 Å². The number of hydrogen-bond acceptors (Lipinski definition) is 4. The van der Waals surface area contributed by atoms with Gasteiger partial charge in [0.15, 0.2) is 0 Å². The molecular formula is C21H22Cl2N2O4. The minimum Gasteiger partial charge on any atom is -0.490 e. The van der Waals surface area contributed by atoms with E-state index < -0.39 is 11.5 Å². The molecule has 1 heterocycles. The van der Waals surface area contributed by atoms with E-state index in [9.17, 15) is 9.59 Å². The molecule has 2 N–H and O–H groups in total. The van der Waals surface area contributed by atoms with Gasteiger partial charge in [-0.05, 0) is 42.0 Å². The number of halogens is 2. The summed E-state index contributed by atoms with van der Waals surface area (Å²) in [6, 6.07) is 14.0. The molecule has 3 rings (SSSR count). The van der Waals surface area contributed by atoms with Crippen LogP contribution < -0.4 is 10.5 Å². The zero-order chi connectivity index (χ0) is 20.9. The third-order valence-electron chi connectivity index (χ3n) is 4.68. The Morgan fingerprint density at radius 1 is 1.07 bits per heavy atom. The van der Waals surface area contributed by atoms with Crippen LogP contribution in [0.25, 0.3) is 0 Å². The zero-order valence-corrected chi connectivity index (χ0v) is 17.3. The summed E-state index contributed by atoms with van der Waals surface area (Å²) in [6.45, 7) is 1.04. The Bertz CT molecular complexity index is 858. The number of ether oxygens (including phenoxy) is 2. The van der Waals surface area contributed by atoms with E-state index in [4.69, 9.17) is 38.4 Å². The largest absolute Gasteiger partial charge is 0.490 e. The molecule has 0 unspecified atom stereocenters. The van der Waals surface area contributed by atoms with E-state index in [-0.39, 0.29) is 31.9 Å². The molecule has 0 radical (unpaired) electrons. The van der Waals surface area contributed by atoms with Gasteiger partial charge < -0.3 is 20.1 Å². The van der Waals surface area contributed by atoms with Crippen molar-refractivity contribution in [3.05, 3.63) is 64.1 Å². The number of amides is 2. The normalized spacial score (nSPS) is 19.0. The number of primary amides is 1. The molecule has 8 heteroatoms. The lowest BCUT2D eigenvalue weighted by Crippen LogP contribution is -2.58. The van der Waals surface area contributed by atoms with Crippen LogP contribution in [-0.2, 0) is 20.7 Å². The zero-order valence-electron chi connectivity index (χ0n) is 15.8. The molecule has 0 aliphatic carbocycles. The molecular weight excluding hydrogens is 415 g/mol. The summed E-state index contributed by atoms with van der Waals surface area (Å²) in [4.78, 5) is 26.2. The second kappa shape index (κ2) is 9.48. The lowest BCUT2D eigenvalue weighted by molar-refractivity contribution is -0.161. The Kier molecular flexibility index (Phi) is 7.00. The summed E-state index contributed by atoms with van der Waals surface area (Å²) in [6.07, 6.45) is 0.188. The fourth-order valence-electron chi connectivity index (χ4n) is 3.25. The van der Waals surface area contributed by atoms with Crippen LogP contribution in [0.2, 0.25) is 10.0 Å². The van der Waals surface area contributed by atoms with Crippen molar-refractivity contribution in [1.82, 2.24) is 4.90 Å². The fraction of sp³-hybridized carbons (Fsp3) is 0.333. The number of hydrogen-bond donors (Lipinski definition) is 1. The maximum Gasteiger partial charge on any atom is 0.227 e. The van der Waals surface area contributed by atoms with Crippen LogP contribution in [0.1, 0.15) is 12.0 Å². The first kappa shape index (κ1) is 21.4. The molecule has 1 fully saturated rings. The number of carbonyl (C=O) groups excluding carboxylic acids is 2. The first-order valence-corrected chi connectivity index (χ1v) is 9.94. The summed E-state index contributed by atoms with van der Waals surface area (Å²) < 4.78 is 11.7. The van der Waals surface area contributed by atoms with Gasteiger partial charge >= 0.3 is 0 Å². The molecule has 154 valence electrons. The Labute approximate surface area is 179 Å². The van der Waals surface area contributed by atoms with Gasteiger partial charge in [0.25, 0.3) is 0 Å². The SMILES string of the molecule is NC(=O)C[C@@]1(COc2ccc(Cl)cc2)CN(C(=O)Cc2ccc(Cl)cc2)CCO1. The molecule has 1 aliphatic rings. The predicted molar refractivity (Wildman–Crippen MR) is 111 cm³/mol. The van der Waals surface area contributed by atoms with E-state index in [0.29, 0.717) is 28.9 Å². The van der Waals surface area contributed by atoms with Gasteiger partial charge in [0.2, 0.25) is 11.8 Å². The number of nitrogens with zero attached hydrogens (tertiary/aromatic N) is 1. The van der Waals surface area contributed by atoms with Gasteiger partial charge in [-0.25, -0.2) is 0 Å². The van der Waals surface area contributed by atoms with Gasteiger partial charge in [-0.15, -0.1) is 0 Å². The second-order valence-electron chi connectivity index (χ2n) is 7.04. The lowest BCUT2D eigenvalue weighted by atomic mass is 9.97. The second-order valence-corrected chi connectivity index (χ2v) is 7.91.